The lowest BCUT2D eigenvalue weighted by atomic mass is 10.2. The Balaban J connectivity index is 2.49. The molecule has 0 aliphatic heterocycles. The zero-order valence-electron chi connectivity index (χ0n) is 9.35. The highest BCUT2D eigenvalue weighted by atomic mass is 32.1. The van der Waals surface area contributed by atoms with Gasteiger partial charge in [-0.2, -0.15) is 0 Å². The van der Waals surface area contributed by atoms with E-state index in [4.69, 9.17) is 0 Å². The quantitative estimate of drug-likeness (QED) is 0.752. The fourth-order valence-corrected chi connectivity index (χ4v) is 2.29. The average molecular weight is 236 g/mol. The number of carbonyl (C=O) groups is 1. The molecule has 2 aromatic rings. The smallest absolute Gasteiger partial charge is 0.356 e. The number of carbonyl (C=O) groups excluding carboxylic acids is 1. The summed E-state index contributed by atoms with van der Waals surface area (Å²) in [6.45, 7) is 4.18. The summed E-state index contributed by atoms with van der Waals surface area (Å²) in [6, 6.07) is 1.73. The standard InChI is InChI=1S/C11H12N2O2S/c1-6(2)10-13-8-5-12-7(11(14)15-3)4-9(8)16-10/h4-6H,1-3H3. The second kappa shape index (κ2) is 4.17. The minimum atomic E-state index is -0.415. The zero-order chi connectivity index (χ0) is 11.7. The van der Waals surface area contributed by atoms with Crippen molar-refractivity contribution in [3.05, 3.63) is 23.0 Å². The molecule has 0 aliphatic rings. The van der Waals surface area contributed by atoms with Crippen molar-refractivity contribution in [1.82, 2.24) is 9.97 Å². The number of methoxy groups -OCH3 is 1. The summed E-state index contributed by atoms with van der Waals surface area (Å²) in [5.74, 6) is -0.0274. The largest absolute Gasteiger partial charge is 0.464 e. The molecule has 16 heavy (non-hydrogen) atoms. The third-order valence-corrected chi connectivity index (χ3v) is 3.50. The van der Waals surface area contributed by atoms with Crippen molar-refractivity contribution in [2.45, 2.75) is 19.8 Å². The van der Waals surface area contributed by atoms with Gasteiger partial charge in [-0.05, 0) is 6.07 Å². The van der Waals surface area contributed by atoms with E-state index in [1.165, 1.54) is 7.11 Å². The van der Waals surface area contributed by atoms with E-state index in [9.17, 15) is 4.79 Å². The molecule has 0 saturated carbocycles. The number of aromatic nitrogens is 2. The maximum Gasteiger partial charge on any atom is 0.356 e. The van der Waals surface area contributed by atoms with Crippen LogP contribution < -0.4 is 0 Å². The van der Waals surface area contributed by atoms with Crippen molar-refractivity contribution in [2.24, 2.45) is 0 Å². The molecule has 0 bridgehead atoms. The summed E-state index contributed by atoms with van der Waals surface area (Å²) in [5, 5.41) is 1.05. The number of hydrogen-bond donors (Lipinski definition) is 0. The highest BCUT2D eigenvalue weighted by Crippen LogP contribution is 2.27. The summed E-state index contributed by atoms with van der Waals surface area (Å²) in [4.78, 5) is 19.8. The molecule has 0 radical (unpaired) electrons. The third-order valence-electron chi connectivity index (χ3n) is 2.18. The van der Waals surface area contributed by atoms with Crippen molar-refractivity contribution in [3.8, 4) is 0 Å². The molecule has 0 amide bonds. The van der Waals surface area contributed by atoms with Crippen LogP contribution in [0, 0.1) is 0 Å². The molecule has 0 atom stereocenters. The molecule has 0 unspecified atom stereocenters. The third kappa shape index (κ3) is 1.90. The fourth-order valence-electron chi connectivity index (χ4n) is 1.31. The molecule has 0 saturated heterocycles. The van der Waals surface area contributed by atoms with Gasteiger partial charge in [0, 0.05) is 5.92 Å². The normalized spacial score (nSPS) is 11.0. The molecule has 2 heterocycles. The van der Waals surface area contributed by atoms with E-state index in [1.54, 1.807) is 23.6 Å². The van der Waals surface area contributed by atoms with Crippen LogP contribution in [-0.4, -0.2) is 23.0 Å². The molecule has 0 spiro atoms. The van der Waals surface area contributed by atoms with Crippen LogP contribution in [0.15, 0.2) is 12.3 Å². The molecule has 0 aromatic carbocycles. The van der Waals surface area contributed by atoms with E-state index in [0.29, 0.717) is 11.6 Å². The molecule has 0 fully saturated rings. The van der Waals surface area contributed by atoms with Crippen LogP contribution in [0.2, 0.25) is 0 Å². The summed E-state index contributed by atoms with van der Waals surface area (Å²) in [5.41, 5.74) is 1.16. The molecule has 2 aromatic heterocycles. The van der Waals surface area contributed by atoms with Gasteiger partial charge in [0.25, 0.3) is 0 Å². The van der Waals surface area contributed by atoms with Crippen LogP contribution in [0.3, 0.4) is 0 Å². The number of fused-ring (bicyclic) bond motifs is 1. The van der Waals surface area contributed by atoms with Crippen LogP contribution in [0.5, 0.6) is 0 Å². The van der Waals surface area contributed by atoms with Gasteiger partial charge in [0.2, 0.25) is 0 Å². The van der Waals surface area contributed by atoms with Crippen molar-refractivity contribution in [1.29, 1.82) is 0 Å². The first kappa shape index (κ1) is 11.0. The van der Waals surface area contributed by atoms with Gasteiger partial charge in [-0.15, -0.1) is 11.3 Å². The number of hydrogen-bond acceptors (Lipinski definition) is 5. The van der Waals surface area contributed by atoms with Gasteiger partial charge in [0.1, 0.15) is 5.69 Å². The van der Waals surface area contributed by atoms with E-state index in [2.05, 4.69) is 28.6 Å². The number of esters is 1. The van der Waals surface area contributed by atoms with Crippen molar-refractivity contribution in [3.63, 3.8) is 0 Å². The van der Waals surface area contributed by atoms with Gasteiger partial charge >= 0.3 is 5.97 Å². The van der Waals surface area contributed by atoms with Gasteiger partial charge in [-0.1, -0.05) is 13.8 Å². The maximum absolute atomic E-state index is 11.3. The topological polar surface area (TPSA) is 52.1 Å². The number of thiazole rings is 1. The number of ether oxygens (including phenoxy) is 1. The van der Waals surface area contributed by atoms with E-state index in [0.717, 1.165) is 15.2 Å². The van der Waals surface area contributed by atoms with Gasteiger partial charge < -0.3 is 4.74 Å². The Labute approximate surface area is 97.3 Å². The van der Waals surface area contributed by atoms with E-state index in [-0.39, 0.29) is 0 Å². The van der Waals surface area contributed by atoms with Crippen LogP contribution in [0.1, 0.15) is 35.3 Å². The van der Waals surface area contributed by atoms with Crippen LogP contribution in [0.25, 0.3) is 10.2 Å². The first-order chi connectivity index (χ1) is 7.61. The summed E-state index contributed by atoms with van der Waals surface area (Å²) < 4.78 is 5.59. The lowest BCUT2D eigenvalue weighted by Gasteiger charge is -1.96. The molecule has 0 aliphatic carbocycles. The number of rotatable bonds is 2. The molecular formula is C11H12N2O2S. The Kier molecular flexibility index (Phi) is 2.87. The van der Waals surface area contributed by atoms with Crippen LogP contribution >= 0.6 is 11.3 Å². The Morgan fingerprint density at radius 3 is 2.88 bits per heavy atom. The highest BCUT2D eigenvalue weighted by Gasteiger charge is 2.12. The van der Waals surface area contributed by atoms with Crippen LogP contribution in [-0.2, 0) is 4.74 Å². The van der Waals surface area contributed by atoms with Gasteiger partial charge in [-0.3, -0.25) is 0 Å². The van der Waals surface area contributed by atoms with Gasteiger partial charge in [0.15, 0.2) is 0 Å². The zero-order valence-corrected chi connectivity index (χ0v) is 10.2. The first-order valence-electron chi connectivity index (χ1n) is 4.96. The Hall–Kier alpha value is -1.49. The summed E-state index contributed by atoms with van der Waals surface area (Å²) in [7, 11) is 1.35. The summed E-state index contributed by atoms with van der Waals surface area (Å²) >= 11 is 1.59. The lowest BCUT2D eigenvalue weighted by Crippen LogP contribution is -2.03. The molecule has 84 valence electrons. The first-order valence-corrected chi connectivity index (χ1v) is 5.78. The average Bonchev–Trinajstić information content (AvgIpc) is 2.70. The van der Waals surface area contributed by atoms with Crippen LogP contribution in [0.4, 0.5) is 0 Å². The monoisotopic (exact) mass is 236 g/mol. The Bertz CT molecular complexity index is 534. The maximum atomic E-state index is 11.3. The predicted molar refractivity (Wildman–Crippen MR) is 62.8 cm³/mol. The SMILES string of the molecule is COC(=O)c1cc2sc(C(C)C)nc2cn1. The van der Waals surface area contributed by atoms with Crippen molar-refractivity contribution < 1.29 is 9.53 Å². The molecule has 5 heteroatoms. The fraction of sp³-hybridized carbons (Fsp3) is 0.364. The molecule has 0 N–H and O–H groups in total. The summed E-state index contributed by atoms with van der Waals surface area (Å²) in [6.07, 6.45) is 1.62. The Morgan fingerprint density at radius 1 is 1.50 bits per heavy atom. The van der Waals surface area contributed by atoms with Gasteiger partial charge in [-0.25, -0.2) is 14.8 Å². The minimum Gasteiger partial charge on any atom is -0.464 e. The van der Waals surface area contributed by atoms with Crippen molar-refractivity contribution in [2.75, 3.05) is 7.11 Å². The van der Waals surface area contributed by atoms with Gasteiger partial charge in [0.05, 0.1) is 28.5 Å². The highest BCUT2D eigenvalue weighted by molar-refractivity contribution is 7.18. The van der Waals surface area contributed by atoms with E-state index >= 15 is 0 Å². The number of pyridine rings is 1. The predicted octanol–water partition coefficient (Wildman–Crippen LogP) is 2.60. The second-order valence-corrected chi connectivity index (χ2v) is 4.80. The second-order valence-electron chi connectivity index (χ2n) is 3.74. The molecule has 4 nitrogen and oxygen atoms in total. The molecular weight excluding hydrogens is 224 g/mol. The Morgan fingerprint density at radius 2 is 2.25 bits per heavy atom. The number of nitrogens with zero attached hydrogens (tertiary/aromatic N) is 2. The minimum absolute atomic E-state index is 0.328. The van der Waals surface area contributed by atoms with E-state index in [1.807, 2.05) is 0 Å². The van der Waals surface area contributed by atoms with E-state index < -0.39 is 5.97 Å². The molecule has 2 rings (SSSR count). The lowest BCUT2D eigenvalue weighted by molar-refractivity contribution is 0.0594. The van der Waals surface area contributed by atoms with Crippen molar-refractivity contribution >= 4 is 27.5 Å².